The molecule has 1 aliphatic heterocycles. The molecule has 6 heteroatoms. The third-order valence-corrected chi connectivity index (χ3v) is 3.17. The van der Waals surface area contributed by atoms with Gasteiger partial charge in [0.05, 0.1) is 12.6 Å². The predicted molar refractivity (Wildman–Crippen MR) is 65.6 cm³/mol. The van der Waals surface area contributed by atoms with E-state index in [1.165, 1.54) is 12.1 Å². The molecule has 0 saturated carbocycles. The lowest BCUT2D eigenvalue weighted by molar-refractivity contribution is 0.173. The average Bonchev–Trinajstić information content (AvgIpc) is 3.00. The Bertz CT molecular complexity index is 555. The fraction of sp³-hybridized carbons (Fsp3) is 0.385. The van der Waals surface area contributed by atoms with Crippen LogP contribution in [0.15, 0.2) is 28.8 Å². The number of aromatic nitrogens is 2. The number of rotatable bonds is 3. The number of nitrogens with zero attached hydrogens (tertiary/aromatic N) is 3. The molecular formula is C13H14FN3O2. The van der Waals surface area contributed by atoms with Crippen LogP contribution < -0.4 is 0 Å². The molecule has 0 amide bonds. The van der Waals surface area contributed by atoms with Gasteiger partial charge in [-0.2, -0.15) is 4.98 Å². The van der Waals surface area contributed by atoms with Gasteiger partial charge in [-0.05, 0) is 30.7 Å². The Kier molecular flexibility index (Phi) is 3.27. The van der Waals surface area contributed by atoms with E-state index in [2.05, 4.69) is 15.0 Å². The summed E-state index contributed by atoms with van der Waals surface area (Å²) in [4.78, 5) is 6.35. The third-order valence-electron chi connectivity index (χ3n) is 3.17. The lowest BCUT2D eigenvalue weighted by Crippen LogP contribution is -2.22. The molecule has 0 bridgehead atoms. The molecule has 19 heavy (non-hydrogen) atoms. The van der Waals surface area contributed by atoms with Crippen LogP contribution in [0.2, 0.25) is 0 Å². The van der Waals surface area contributed by atoms with Crippen molar-refractivity contribution in [1.29, 1.82) is 0 Å². The molecule has 1 aromatic carbocycles. The molecule has 1 aromatic heterocycles. The molecule has 1 fully saturated rings. The van der Waals surface area contributed by atoms with E-state index in [1.807, 2.05) is 0 Å². The molecule has 1 atom stereocenters. The SMILES string of the molecule is O[C@@H]1CCN(Cc2noc(-c3ccc(F)cc3)n2)C1. The van der Waals surface area contributed by atoms with E-state index in [0.29, 0.717) is 30.4 Å². The maximum Gasteiger partial charge on any atom is 0.257 e. The summed E-state index contributed by atoms with van der Waals surface area (Å²) in [6, 6.07) is 5.92. The molecule has 1 N–H and O–H groups in total. The van der Waals surface area contributed by atoms with E-state index < -0.39 is 0 Å². The van der Waals surface area contributed by atoms with Crippen molar-refractivity contribution in [2.75, 3.05) is 13.1 Å². The normalized spacial score (nSPS) is 20.0. The van der Waals surface area contributed by atoms with Crippen molar-refractivity contribution in [3.05, 3.63) is 35.9 Å². The van der Waals surface area contributed by atoms with Gasteiger partial charge in [-0.3, -0.25) is 4.90 Å². The lowest BCUT2D eigenvalue weighted by atomic mass is 10.2. The Hall–Kier alpha value is -1.79. The van der Waals surface area contributed by atoms with Crippen LogP contribution in [0.5, 0.6) is 0 Å². The fourth-order valence-corrected chi connectivity index (χ4v) is 2.18. The largest absolute Gasteiger partial charge is 0.392 e. The number of halogens is 1. The fourth-order valence-electron chi connectivity index (χ4n) is 2.18. The van der Waals surface area contributed by atoms with Gasteiger partial charge in [0.25, 0.3) is 5.89 Å². The average molecular weight is 263 g/mol. The molecular weight excluding hydrogens is 249 g/mol. The molecule has 0 radical (unpaired) electrons. The Morgan fingerprint density at radius 1 is 1.37 bits per heavy atom. The smallest absolute Gasteiger partial charge is 0.257 e. The quantitative estimate of drug-likeness (QED) is 0.908. The number of likely N-dealkylation sites (tertiary alicyclic amines) is 1. The highest BCUT2D eigenvalue weighted by atomic mass is 19.1. The first kappa shape index (κ1) is 12.3. The minimum absolute atomic E-state index is 0.261. The van der Waals surface area contributed by atoms with Gasteiger partial charge in [-0.15, -0.1) is 0 Å². The van der Waals surface area contributed by atoms with E-state index in [4.69, 9.17) is 4.52 Å². The summed E-state index contributed by atoms with van der Waals surface area (Å²) >= 11 is 0. The maximum absolute atomic E-state index is 12.8. The zero-order chi connectivity index (χ0) is 13.2. The van der Waals surface area contributed by atoms with E-state index in [1.54, 1.807) is 12.1 Å². The van der Waals surface area contributed by atoms with E-state index in [9.17, 15) is 9.50 Å². The maximum atomic E-state index is 12.8. The van der Waals surface area contributed by atoms with Crippen molar-refractivity contribution in [2.24, 2.45) is 0 Å². The van der Waals surface area contributed by atoms with Gasteiger partial charge in [0, 0.05) is 18.7 Å². The molecule has 3 rings (SSSR count). The number of aliphatic hydroxyl groups excluding tert-OH is 1. The van der Waals surface area contributed by atoms with Gasteiger partial charge in [-0.1, -0.05) is 5.16 Å². The number of hydrogen-bond acceptors (Lipinski definition) is 5. The Labute approximate surface area is 109 Å². The number of aliphatic hydroxyl groups is 1. The first-order chi connectivity index (χ1) is 9.20. The summed E-state index contributed by atoms with van der Waals surface area (Å²) in [5, 5.41) is 13.3. The summed E-state index contributed by atoms with van der Waals surface area (Å²) in [7, 11) is 0. The van der Waals surface area contributed by atoms with Crippen molar-refractivity contribution < 1.29 is 14.0 Å². The highest BCUT2D eigenvalue weighted by Crippen LogP contribution is 2.18. The first-order valence-corrected chi connectivity index (χ1v) is 6.19. The molecule has 2 aromatic rings. The van der Waals surface area contributed by atoms with E-state index >= 15 is 0 Å². The van der Waals surface area contributed by atoms with E-state index in [-0.39, 0.29) is 11.9 Å². The number of β-amino-alcohol motifs (C(OH)–C–C–N with tert-alkyl or cyclic N) is 1. The molecule has 5 nitrogen and oxygen atoms in total. The second-order valence-corrected chi connectivity index (χ2v) is 4.70. The van der Waals surface area contributed by atoms with Crippen LogP contribution in [0.3, 0.4) is 0 Å². The highest BCUT2D eigenvalue weighted by molar-refractivity contribution is 5.52. The van der Waals surface area contributed by atoms with Crippen LogP contribution in [-0.4, -0.2) is 39.3 Å². The van der Waals surface area contributed by atoms with Crippen molar-refractivity contribution in [1.82, 2.24) is 15.0 Å². The summed E-state index contributed by atoms with van der Waals surface area (Å²) in [5.74, 6) is 0.665. The molecule has 1 saturated heterocycles. The number of benzene rings is 1. The van der Waals surface area contributed by atoms with Crippen molar-refractivity contribution in [2.45, 2.75) is 19.1 Å². The Morgan fingerprint density at radius 3 is 2.84 bits per heavy atom. The number of hydrogen-bond donors (Lipinski definition) is 1. The molecule has 100 valence electrons. The second-order valence-electron chi connectivity index (χ2n) is 4.70. The van der Waals surface area contributed by atoms with Crippen LogP contribution >= 0.6 is 0 Å². The molecule has 0 aliphatic carbocycles. The van der Waals surface area contributed by atoms with Gasteiger partial charge in [-0.25, -0.2) is 4.39 Å². The highest BCUT2D eigenvalue weighted by Gasteiger charge is 2.21. The van der Waals surface area contributed by atoms with Gasteiger partial charge in [0.2, 0.25) is 0 Å². The van der Waals surface area contributed by atoms with Crippen LogP contribution in [0.4, 0.5) is 4.39 Å². The van der Waals surface area contributed by atoms with Crippen molar-refractivity contribution in [3.8, 4) is 11.5 Å². The van der Waals surface area contributed by atoms with Gasteiger partial charge < -0.3 is 9.63 Å². The summed E-state index contributed by atoms with van der Waals surface area (Å²) in [5.41, 5.74) is 0.696. The van der Waals surface area contributed by atoms with Crippen LogP contribution in [0, 0.1) is 5.82 Å². The van der Waals surface area contributed by atoms with Crippen molar-refractivity contribution in [3.63, 3.8) is 0 Å². The third kappa shape index (κ3) is 2.80. The van der Waals surface area contributed by atoms with Gasteiger partial charge >= 0.3 is 0 Å². The monoisotopic (exact) mass is 263 g/mol. The second kappa shape index (κ2) is 5.07. The molecule has 0 spiro atoms. The summed E-state index contributed by atoms with van der Waals surface area (Å²) < 4.78 is 18.0. The van der Waals surface area contributed by atoms with E-state index in [0.717, 1.165) is 13.0 Å². The minimum Gasteiger partial charge on any atom is -0.392 e. The minimum atomic E-state index is -0.297. The van der Waals surface area contributed by atoms with Gasteiger partial charge in [0.1, 0.15) is 5.82 Å². The zero-order valence-electron chi connectivity index (χ0n) is 10.3. The molecule has 0 unspecified atom stereocenters. The predicted octanol–water partition coefficient (Wildman–Crippen LogP) is 1.44. The lowest BCUT2D eigenvalue weighted by Gasteiger charge is -2.10. The molecule has 2 heterocycles. The Balaban J connectivity index is 1.71. The first-order valence-electron chi connectivity index (χ1n) is 6.19. The van der Waals surface area contributed by atoms with Crippen molar-refractivity contribution >= 4 is 0 Å². The molecule has 1 aliphatic rings. The standard InChI is InChI=1S/C13H14FN3O2/c14-10-3-1-9(2-4-10)13-15-12(16-19-13)8-17-6-5-11(18)7-17/h1-4,11,18H,5-8H2/t11-/m1/s1. The summed E-state index contributed by atoms with van der Waals surface area (Å²) in [6.07, 6.45) is 0.520. The van der Waals surface area contributed by atoms with Crippen LogP contribution in [0.1, 0.15) is 12.2 Å². The van der Waals surface area contributed by atoms with Crippen LogP contribution in [0.25, 0.3) is 11.5 Å². The topological polar surface area (TPSA) is 62.4 Å². The van der Waals surface area contributed by atoms with Crippen LogP contribution in [-0.2, 0) is 6.54 Å². The van der Waals surface area contributed by atoms with Gasteiger partial charge in [0.15, 0.2) is 5.82 Å². The zero-order valence-corrected chi connectivity index (χ0v) is 10.3. The summed E-state index contributed by atoms with van der Waals surface area (Å²) in [6.45, 7) is 2.03. The Morgan fingerprint density at radius 2 is 2.16 bits per heavy atom.